The molecule has 0 aliphatic heterocycles. The van der Waals surface area contributed by atoms with Gasteiger partial charge < -0.3 is 4.42 Å². The van der Waals surface area contributed by atoms with Gasteiger partial charge in [0.15, 0.2) is 0 Å². The second-order valence-electron chi connectivity index (χ2n) is 7.22. The van der Waals surface area contributed by atoms with Crippen molar-refractivity contribution in [1.29, 1.82) is 0 Å². The first-order valence-electron chi connectivity index (χ1n) is 9.71. The fraction of sp³-hybridized carbons (Fsp3) is 0.318. The monoisotopic (exact) mass is 511 g/mol. The molecule has 0 aliphatic rings. The minimum Gasteiger partial charge on any atom is -0.461 e. The van der Waals surface area contributed by atoms with E-state index in [-0.39, 0.29) is 11.3 Å². The molecule has 30 heavy (non-hydrogen) atoms. The van der Waals surface area contributed by atoms with Gasteiger partial charge in [-0.2, -0.15) is 0 Å². The number of amides is 1. The lowest BCUT2D eigenvalue weighted by molar-refractivity contribution is 0.0981. The molecule has 0 saturated carbocycles. The number of rotatable bonds is 8. The molecule has 8 heteroatoms. The number of furan rings is 1. The van der Waals surface area contributed by atoms with Gasteiger partial charge in [0.25, 0.3) is 5.91 Å². The minimum absolute atomic E-state index is 0.0625. The first-order valence-corrected chi connectivity index (χ1v) is 12.5. The van der Waals surface area contributed by atoms with Gasteiger partial charge in [-0.15, -0.1) is 0 Å². The van der Waals surface area contributed by atoms with E-state index in [0.717, 1.165) is 39.6 Å². The molecule has 3 rings (SSSR count). The lowest BCUT2D eigenvalue weighted by Crippen LogP contribution is -2.32. The van der Waals surface area contributed by atoms with Gasteiger partial charge in [0.2, 0.25) is 10.0 Å². The zero-order valence-electron chi connectivity index (χ0n) is 16.8. The van der Waals surface area contributed by atoms with Gasteiger partial charge in [0.1, 0.15) is 11.3 Å². The molecular weight excluding hydrogens is 490 g/mol. The first-order chi connectivity index (χ1) is 14.2. The summed E-state index contributed by atoms with van der Waals surface area (Å²) in [5.74, 6) is 0.0288. The Bertz CT molecular complexity index is 1190. The smallest absolute Gasteiger partial charge is 0.264 e. The number of carbonyl (C=O) groups excluding carboxylic acids is 1. The van der Waals surface area contributed by atoms with Crippen LogP contribution < -0.4 is 4.72 Å². The molecule has 0 radical (unpaired) electrons. The topological polar surface area (TPSA) is 76.4 Å². The summed E-state index contributed by atoms with van der Waals surface area (Å²) in [4.78, 5) is 12.6. The van der Waals surface area contributed by atoms with Crippen LogP contribution in [0.3, 0.4) is 0 Å². The van der Waals surface area contributed by atoms with Gasteiger partial charge in [0.05, 0.1) is 5.75 Å². The summed E-state index contributed by atoms with van der Waals surface area (Å²) in [6.45, 7) is 3.85. The molecule has 1 heterocycles. The Morgan fingerprint density at radius 2 is 1.93 bits per heavy atom. The molecule has 0 saturated heterocycles. The van der Waals surface area contributed by atoms with Crippen molar-refractivity contribution in [3.63, 3.8) is 0 Å². The summed E-state index contributed by atoms with van der Waals surface area (Å²) in [6, 6.07) is 10.6. The molecule has 1 amide bonds. The number of sulfonamides is 1. The third-order valence-corrected chi connectivity index (χ3v) is 7.07. The van der Waals surface area contributed by atoms with E-state index in [2.05, 4.69) is 20.7 Å². The molecule has 0 fully saturated rings. The quantitative estimate of drug-likeness (QED) is 0.376. The molecule has 3 aromatic rings. The minimum atomic E-state index is -3.66. The Hall–Kier alpha value is -1.83. The van der Waals surface area contributed by atoms with Gasteiger partial charge >= 0.3 is 0 Å². The largest absolute Gasteiger partial charge is 0.461 e. The molecule has 5 nitrogen and oxygen atoms in total. The van der Waals surface area contributed by atoms with Gasteiger partial charge in [-0.05, 0) is 49.2 Å². The van der Waals surface area contributed by atoms with E-state index in [0.29, 0.717) is 23.4 Å². The lowest BCUT2D eigenvalue weighted by atomic mass is 10.0. The average molecular weight is 513 g/mol. The lowest BCUT2D eigenvalue weighted by Gasteiger charge is -2.08. The number of hydrogen-bond acceptors (Lipinski definition) is 4. The van der Waals surface area contributed by atoms with Crippen LogP contribution >= 0.6 is 27.5 Å². The van der Waals surface area contributed by atoms with Crippen LogP contribution in [0.4, 0.5) is 0 Å². The maximum Gasteiger partial charge on any atom is 0.264 e. The predicted octanol–water partition coefficient (Wildman–Crippen LogP) is 6.00. The van der Waals surface area contributed by atoms with E-state index in [1.165, 1.54) is 0 Å². The second-order valence-corrected chi connectivity index (χ2v) is 10.4. The SMILES string of the molecule is CCCCCS(=O)(=O)NC(=O)c1ccc2oc(C)c(Cc3ccc(Br)cc3Cl)c2c1. The van der Waals surface area contributed by atoms with Crippen LogP contribution in [-0.2, 0) is 16.4 Å². The van der Waals surface area contributed by atoms with Crippen LogP contribution in [0.25, 0.3) is 11.0 Å². The molecule has 160 valence electrons. The molecule has 0 aliphatic carbocycles. The van der Waals surface area contributed by atoms with Gasteiger partial charge in [0, 0.05) is 32.4 Å². The van der Waals surface area contributed by atoms with Gasteiger partial charge in [-0.1, -0.05) is 53.4 Å². The standard InChI is InChI=1S/C22H23BrClNO4S/c1-3-4-5-10-30(27,28)25-22(26)16-7-9-21-19(12-16)18(14(2)29-21)11-15-6-8-17(23)13-20(15)24/h6-9,12-13H,3-5,10-11H2,1-2H3,(H,25,26). The van der Waals surface area contributed by atoms with E-state index in [1.54, 1.807) is 18.2 Å². The Kier molecular flexibility index (Phi) is 7.26. The van der Waals surface area contributed by atoms with Crippen molar-refractivity contribution in [3.8, 4) is 0 Å². The third-order valence-electron chi connectivity index (χ3n) is 4.90. The maximum absolute atomic E-state index is 12.6. The summed E-state index contributed by atoms with van der Waals surface area (Å²) in [7, 11) is -3.66. The van der Waals surface area contributed by atoms with Crippen LogP contribution in [0.1, 0.15) is 53.4 Å². The number of benzene rings is 2. The Balaban J connectivity index is 1.88. The van der Waals surface area contributed by atoms with Crippen molar-refractivity contribution in [3.05, 3.63) is 68.3 Å². The van der Waals surface area contributed by atoms with Crippen LogP contribution in [0, 0.1) is 6.92 Å². The number of unbranched alkanes of at least 4 members (excludes halogenated alkanes) is 2. The maximum atomic E-state index is 12.6. The zero-order chi connectivity index (χ0) is 21.9. The first kappa shape index (κ1) is 22.8. The molecule has 1 N–H and O–H groups in total. The highest BCUT2D eigenvalue weighted by Crippen LogP contribution is 2.31. The van der Waals surface area contributed by atoms with E-state index in [4.69, 9.17) is 16.0 Å². The van der Waals surface area contributed by atoms with Crippen molar-refractivity contribution < 1.29 is 17.6 Å². The Labute approximate surface area is 190 Å². The predicted molar refractivity (Wildman–Crippen MR) is 124 cm³/mol. The zero-order valence-corrected chi connectivity index (χ0v) is 20.0. The summed E-state index contributed by atoms with van der Waals surface area (Å²) in [5.41, 5.74) is 2.75. The number of carbonyl (C=O) groups is 1. The molecule has 0 spiro atoms. The van der Waals surface area contributed by atoms with Crippen molar-refractivity contribution in [1.82, 2.24) is 4.72 Å². The van der Waals surface area contributed by atoms with Crippen LogP contribution in [0.15, 0.2) is 45.3 Å². The van der Waals surface area contributed by atoms with E-state index < -0.39 is 15.9 Å². The van der Waals surface area contributed by atoms with Crippen molar-refractivity contribution in [2.75, 3.05) is 5.75 Å². The van der Waals surface area contributed by atoms with E-state index in [9.17, 15) is 13.2 Å². The van der Waals surface area contributed by atoms with Crippen LogP contribution in [-0.4, -0.2) is 20.1 Å². The highest BCUT2D eigenvalue weighted by Gasteiger charge is 2.19. The molecule has 0 bridgehead atoms. The fourth-order valence-corrected chi connectivity index (χ4v) is 5.11. The van der Waals surface area contributed by atoms with Gasteiger partial charge in [-0.3, -0.25) is 4.79 Å². The Morgan fingerprint density at radius 3 is 2.63 bits per heavy atom. The summed E-state index contributed by atoms with van der Waals surface area (Å²) < 4.78 is 33.2. The number of aryl methyl sites for hydroxylation is 1. The molecule has 0 unspecified atom stereocenters. The third kappa shape index (κ3) is 5.45. The number of hydrogen-bond donors (Lipinski definition) is 1. The molecule has 1 aromatic heterocycles. The molecule has 2 aromatic carbocycles. The van der Waals surface area contributed by atoms with Crippen molar-refractivity contribution in [2.45, 2.75) is 39.5 Å². The summed E-state index contributed by atoms with van der Waals surface area (Å²) in [5, 5.41) is 1.40. The van der Waals surface area contributed by atoms with Crippen molar-refractivity contribution >= 4 is 54.4 Å². The Morgan fingerprint density at radius 1 is 1.17 bits per heavy atom. The number of nitrogens with one attached hydrogen (secondary N) is 1. The second kappa shape index (κ2) is 9.54. The fourth-order valence-electron chi connectivity index (χ4n) is 3.28. The van der Waals surface area contributed by atoms with Gasteiger partial charge in [-0.25, -0.2) is 13.1 Å². The van der Waals surface area contributed by atoms with Crippen molar-refractivity contribution in [2.24, 2.45) is 0 Å². The highest BCUT2D eigenvalue weighted by atomic mass is 79.9. The van der Waals surface area contributed by atoms with E-state index >= 15 is 0 Å². The molecule has 0 atom stereocenters. The number of halogens is 2. The highest BCUT2D eigenvalue weighted by molar-refractivity contribution is 9.10. The normalized spacial score (nSPS) is 11.7. The summed E-state index contributed by atoms with van der Waals surface area (Å²) >= 11 is 9.77. The van der Waals surface area contributed by atoms with Crippen LogP contribution in [0.5, 0.6) is 0 Å². The molecular formula is C22H23BrClNO4S. The number of fused-ring (bicyclic) bond motifs is 1. The van der Waals surface area contributed by atoms with E-state index in [1.807, 2.05) is 32.0 Å². The summed E-state index contributed by atoms with van der Waals surface area (Å²) in [6.07, 6.45) is 2.77. The van der Waals surface area contributed by atoms with Crippen LogP contribution in [0.2, 0.25) is 5.02 Å². The average Bonchev–Trinajstić information content (AvgIpc) is 2.98.